The largest absolute Gasteiger partial charge is 0.316 e. The minimum atomic E-state index is 0. The highest BCUT2D eigenvalue weighted by atomic mass is 35.5. The van der Waals surface area contributed by atoms with Crippen molar-refractivity contribution in [3.63, 3.8) is 0 Å². The summed E-state index contributed by atoms with van der Waals surface area (Å²) in [6, 6.07) is 6.83. The Labute approximate surface area is 123 Å². The average molecular weight is 281 g/mol. The number of likely N-dealkylation sites (tertiary alicyclic amines) is 1. The maximum absolute atomic E-state index is 3.53. The van der Waals surface area contributed by atoms with Crippen molar-refractivity contribution in [1.29, 1.82) is 0 Å². The van der Waals surface area contributed by atoms with Crippen molar-refractivity contribution in [2.45, 2.75) is 33.2 Å². The predicted molar refractivity (Wildman–Crippen MR) is 83.0 cm³/mol. The fourth-order valence-corrected chi connectivity index (χ4v) is 3.52. The molecule has 1 N–H and O–H groups in total. The summed E-state index contributed by atoms with van der Waals surface area (Å²) in [4.78, 5) is 2.65. The molecule has 2 saturated heterocycles. The van der Waals surface area contributed by atoms with Crippen molar-refractivity contribution in [2.75, 3.05) is 26.2 Å². The van der Waals surface area contributed by atoms with Crippen molar-refractivity contribution < 1.29 is 0 Å². The van der Waals surface area contributed by atoms with E-state index in [-0.39, 0.29) is 12.4 Å². The second kappa shape index (κ2) is 5.82. The molecule has 0 saturated carbocycles. The van der Waals surface area contributed by atoms with Gasteiger partial charge in [-0.2, -0.15) is 0 Å². The van der Waals surface area contributed by atoms with Gasteiger partial charge >= 0.3 is 0 Å². The Balaban J connectivity index is 0.00000133. The van der Waals surface area contributed by atoms with E-state index in [9.17, 15) is 0 Å². The maximum atomic E-state index is 3.53. The molecule has 0 aliphatic carbocycles. The quantitative estimate of drug-likeness (QED) is 0.896. The first-order chi connectivity index (χ1) is 8.67. The summed E-state index contributed by atoms with van der Waals surface area (Å²) >= 11 is 0. The van der Waals surface area contributed by atoms with Crippen LogP contribution >= 0.6 is 12.4 Å². The van der Waals surface area contributed by atoms with E-state index in [2.05, 4.69) is 42.3 Å². The van der Waals surface area contributed by atoms with Crippen LogP contribution in [-0.2, 0) is 6.54 Å². The summed E-state index contributed by atoms with van der Waals surface area (Å²) in [5.74, 6) is 0. The molecule has 2 aliphatic heterocycles. The van der Waals surface area contributed by atoms with Gasteiger partial charge in [-0.25, -0.2) is 0 Å². The third kappa shape index (κ3) is 3.13. The van der Waals surface area contributed by atoms with Crippen molar-refractivity contribution in [3.8, 4) is 0 Å². The van der Waals surface area contributed by atoms with Gasteiger partial charge in [0, 0.05) is 19.6 Å². The van der Waals surface area contributed by atoms with Crippen molar-refractivity contribution in [2.24, 2.45) is 5.41 Å². The van der Waals surface area contributed by atoms with Gasteiger partial charge in [-0.3, -0.25) is 4.90 Å². The number of nitrogens with zero attached hydrogens (tertiary/aromatic N) is 1. The standard InChI is InChI=1S/C16H24N2.ClH/c1-13-3-4-14(2)15(9-13)10-18-8-6-16(12-18)5-7-17-11-16;/h3-4,9,17H,5-8,10-12H2,1-2H3;1H. The lowest BCUT2D eigenvalue weighted by atomic mass is 9.86. The molecule has 106 valence electrons. The van der Waals surface area contributed by atoms with Gasteiger partial charge in [-0.15, -0.1) is 12.4 Å². The van der Waals surface area contributed by atoms with Crippen LogP contribution < -0.4 is 5.32 Å². The normalized spacial score (nSPS) is 26.8. The maximum Gasteiger partial charge on any atom is 0.0236 e. The molecule has 2 fully saturated rings. The summed E-state index contributed by atoms with van der Waals surface area (Å²) < 4.78 is 0. The molecule has 0 radical (unpaired) electrons. The Morgan fingerprint density at radius 2 is 2.11 bits per heavy atom. The third-order valence-electron chi connectivity index (χ3n) is 4.75. The minimum absolute atomic E-state index is 0. The van der Waals surface area contributed by atoms with Crippen molar-refractivity contribution >= 4 is 12.4 Å². The molecule has 1 aromatic rings. The smallest absolute Gasteiger partial charge is 0.0236 e. The molecular formula is C16H25ClN2. The van der Waals surface area contributed by atoms with Crippen LogP contribution in [0.5, 0.6) is 0 Å². The van der Waals surface area contributed by atoms with Gasteiger partial charge in [0.15, 0.2) is 0 Å². The molecule has 1 spiro atoms. The first-order valence-electron chi connectivity index (χ1n) is 7.16. The van der Waals surface area contributed by atoms with E-state index in [4.69, 9.17) is 0 Å². The molecule has 3 rings (SSSR count). The van der Waals surface area contributed by atoms with Crippen molar-refractivity contribution in [3.05, 3.63) is 34.9 Å². The Hall–Kier alpha value is -0.570. The van der Waals surface area contributed by atoms with Gasteiger partial charge in [0.25, 0.3) is 0 Å². The number of hydrogen-bond donors (Lipinski definition) is 1. The first-order valence-corrected chi connectivity index (χ1v) is 7.16. The number of benzene rings is 1. The van der Waals surface area contributed by atoms with Crippen LogP contribution in [0.3, 0.4) is 0 Å². The predicted octanol–water partition coefficient (Wildman–Crippen LogP) is 2.91. The minimum Gasteiger partial charge on any atom is -0.316 e. The molecule has 19 heavy (non-hydrogen) atoms. The molecule has 0 aromatic heterocycles. The molecule has 2 aliphatic rings. The van der Waals surface area contributed by atoms with Crippen LogP contribution in [0.15, 0.2) is 18.2 Å². The fraction of sp³-hybridized carbons (Fsp3) is 0.625. The third-order valence-corrected chi connectivity index (χ3v) is 4.75. The second-order valence-corrected chi connectivity index (χ2v) is 6.32. The van der Waals surface area contributed by atoms with Crippen LogP contribution in [0.1, 0.15) is 29.5 Å². The highest BCUT2D eigenvalue weighted by Crippen LogP contribution is 2.36. The zero-order chi connectivity index (χ0) is 12.6. The molecule has 0 bridgehead atoms. The van der Waals surface area contributed by atoms with E-state index >= 15 is 0 Å². The van der Waals surface area contributed by atoms with E-state index in [1.807, 2.05) is 0 Å². The SMILES string of the molecule is Cc1ccc(C)c(CN2CCC3(CCNC3)C2)c1.Cl. The van der Waals surface area contributed by atoms with Crippen LogP contribution in [0.4, 0.5) is 0 Å². The Bertz CT molecular complexity index is 438. The molecule has 3 heteroatoms. The number of nitrogens with one attached hydrogen (secondary N) is 1. The number of hydrogen-bond acceptors (Lipinski definition) is 2. The highest BCUT2D eigenvalue weighted by Gasteiger charge is 2.40. The van der Waals surface area contributed by atoms with E-state index in [1.54, 1.807) is 0 Å². The average Bonchev–Trinajstić information content (AvgIpc) is 2.95. The van der Waals surface area contributed by atoms with Gasteiger partial charge in [-0.1, -0.05) is 23.8 Å². The Morgan fingerprint density at radius 3 is 2.84 bits per heavy atom. The first kappa shape index (κ1) is 14.8. The topological polar surface area (TPSA) is 15.3 Å². The van der Waals surface area contributed by atoms with Gasteiger partial charge in [-0.05, 0) is 56.3 Å². The van der Waals surface area contributed by atoms with Gasteiger partial charge in [0.05, 0.1) is 0 Å². The second-order valence-electron chi connectivity index (χ2n) is 6.32. The van der Waals surface area contributed by atoms with Gasteiger partial charge in [0.1, 0.15) is 0 Å². The van der Waals surface area contributed by atoms with Crippen molar-refractivity contribution in [1.82, 2.24) is 10.2 Å². The van der Waals surface area contributed by atoms with Gasteiger partial charge < -0.3 is 5.32 Å². The van der Waals surface area contributed by atoms with Gasteiger partial charge in [0.2, 0.25) is 0 Å². The Kier molecular flexibility index (Phi) is 4.54. The summed E-state index contributed by atoms with van der Waals surface area (Å²) in [6.45, 7) is 10.6. The zero-order valence-corrected chi connectivity index (χ0v) is 12.9. The van der Waals surface area contributed by atoms with E-state index in [1.165, 1.54) is 55.7 Å². The fourth-order valence-electron chi connectivity index (χ4n) is 3.52. The summed E-state index contributed by atoms with van der Waals surface area (Å²) in [6.07, 6.45) is 2.75. The molecule has 1 aromatic carbocycles. The number of aryl methyl sites for hydroxylation is 2. The lowest BCUT2D eigenvalue weighted by molar-refractivity contribution is 0.268. The van der Waals surface area contributed by atoms with Crippen LogP contribution in [0, 0.1) is 19.3 Å². The van der Waals surface area contributed by atoms with E-state index < -0.39 is 0 Å². The molecule has 2 heterocycles. The zero-order valence-electron chi connectivity index (χ0n) is 12.0. The van der Waals surface area contributed by atoms with E-state index in [0.717, 1.165) is 6.54 Å². The molecule has 0 amide bonds. The molecule has 1 atom stereocenters. The number of rotatable bonds is 2. The van der Waals surface area contributed by atoms with Crippen LogP contribution in [0.2, 0.25) is 0 Å². The highest BCUT2D eigenvalue weighted by molar-refractivity contribution is 5.85. The summed E-state index contributed by atoms with van der Waals surface area (Å²) in [5, 5.41) is 3.53. The summed E-state index contributed by atoms with van der Waals surface area (Å²) in [7, 11) is 0. The summed E-state index contributed by atoms with van der Waals surface area (Å²) in [5.41, 5.74) is 4.92. The van der Waals surface area contributed by atoms with Crippen LogP contribution in [0.25, 0.3) is 0 Å². The lowest BCUT2D eigenvalue weighted by Gasteiger charge is -2.23. The van der Waals surface area contributed by atoms with Crippen LogP contribution in [-0.4, -0.2) is 31.1 Å². The molecular weight excluding hydrogens is 256 g/mol. The van der Waals surface area contributed by atoms with E-state index in [0.29, 0.717) is 5.41 Å². The Morgan fingerprint density at radius 1 is 1.26 bits per heavy atom. The molecule has 1 unspecified atom stereocenters. The number of halogens is 1. The lowest BCUT2D eigenvalue weighted by Crippen LogP contribution is -2.29. The molecule has 2 nitrogen and oxygen atoms in total. The monoisotopic (exact) mass is 280 g/mol.